The molecule has 0 radical (unpaired) electrons. The molecular formula is C31H37N9. The van der Waals surface area contributed by atoms with Gasteiger partial charge in [0.05, 0.1) is 16.4 Å². The van der Waals surface area contributed by atoms with Crippen molar-refractivity contribution in [2.24, 2.45) is 0 Å². The lowest BCUT2D eigenvalue weighted by Crippen LogP contribution is -2.49. The van der Waals surface area contributed by atoms with Crippen LogP contribution in [0, 0.1) is 6.92 Å². The van der Waals surface area contributed by atoms with Crippen molar-refractivity contribution in [3.05, 3.63) is 60.6 Å². The van der Waals surface area contributed by atoms with Gasteiger partial charge >= 0.3 is 0 Å². The summed E-state index contributed by atoms with van der Waals surface area (Å²) in [5.41, 5.74) is 13.7. The SMILES string of the molecule is Cc1ccc2nc(Nc3ccc(-c4cn([C@H]5CC[C@H](N6CCN(C)CC6)CC5)c5ncnc(N)c45)cc3)[nH]c2c1. The van der Waals surface area contributed by atoms with Gasteiger partial charge in [0.1, 0.15) is 17.8 Å². The Kier molecular flexibility index (Phi) is 6.40. The Morgan fingerprint density at radius 1 is 0.925 bits per heavy atom. The molecule has 2 aromatic carbocycles. The molecule has 9 nitrogen and oxygen atoms in total. The van der Waals surface area contributed by atoms with E-state index >= 15 is 0 Å². The number of likely N-dealkylation sites (N-methyl/N-ethyl adjacent to an activating group) is 1. The number of hydrogen-bond acceptors (Lipinski definition) is 7. The molecule has 2 fully saturated rings. The molecule has 7 rings (SSSR count). The summed E-state index contributed by atoms with van der Waals surface area (Å²) in [6.07, 6.45) is 8.61. The van der Waals surface area contributed by atoms with Gasteiger partial charge in [-0.3, -0.25) is 4.90 Å². The van der Waals surface area contributed by atoms with Gasteiger partial charge in [-0.2, -0.15) is 0 Å². The number of anilines is 3. The third-order valence-corrected chi connectivity index (χ3v) is 8.85. The van der Waals surface area contributed by atoms with Crippen molar-refractivity contribution < 1.29 is 0 Å². The second-order valence-electron chi connectivity index (χ2n) is 11.5. The number of fused-ring (bicyclic) bond motifs is 2. The van der Waals surface area contributed by atoms with Gasteiger partial charge in [0.15, 0.2) is 0 Å². The van der Waals surface area contributed by atoms with Crippen LogP contribution in [0.1, 0.15) is 37.3 Å². The summed E-state index contributed by atoms with van der Waals surface area (Å²) < 4.78 is 2.37. The van der Waals surface area contributed by atoms with Crippen molar-refractivity contribution in [2.45, 2.75) is 44.7 Å². The number of H-pyrrole nitrogens is 1. The van der Waals surface area contributed by atoms with Crippen molar-refractivity contribution in [1.29, 1.82) is 0 Å². The van der Waals surface area contributed by atoms with Crippen molar-refractivity contribution in [3.63, 3.8) is 0 Å². The number of nitrogens with one attached hydrogen (secondary N) is 2. The first-order valence-corrected chi connectivity index (χ1v) is 14.4. The van der Waals surface area contributed by atoms with E-state index in [1.807, 2.05) is 6.07 Å². The average Bonchev–Trinajstić information content (AvgIpc) is 3.56. The minimum Gasteiger partial charge on any atom is -0.383 e. The highest BCUT2D eigenvalue weighted by Gasteiger charge is 2.30. The van der Waals surface area contributed by atoms with Gasteiger partial charge in [-0.1, -0.05) is 18.2 Å². The van der Waals surface area contributed by atoms with Gasteiger partial charge in [-0.05, 0) is 75.0 Å². The van der Waals surface area contributed by atoms with Crippen LogP contribution < -0.4 is 11.1 Å². The molecule has 0 amide bonds. The standard InChI is InChI=1S/C31H37N9/c1-20-3-12-26-27(17-20)37-31(36-26)35-22-6-4-21(5-7-22)25-18-40(30-28(25)29(32)33-19-34-30)24-10-8-23(9-11-24)39-15-13-38(2)14-16-39/h3-7,12,17-19,23-24H,8-11,13-16H2,1-2H3,(H2,32,33,34)(H2,35,36,37)/t23-,24-. The monoisotopic (exact) mass is 535 g/mol. The Bertz CT molecular complexity index is 1640. The smallest absolute Gasteiger partial charge is 0.205 e. The average molecular weight is 536 g/mol. The van der Waals surface area contributed by atoms with Gasteiger partial charge < -0.3 is 25.5 Å². The zero-order valence-electron chi connectivity index (χ0n) is 23.3. The number of hydrogen-bond donors (Lipinski definition) is 3. The lowest BCUT2D eigenvalue weighted by Gasteiger charge is -2.41. The summed E-state index contributed by atoms with van der Waals surface area (Å²) in [6.45, 7) is 6.81. The van der Waals surface area contributed by atoms with E-state index in [2.05, 4.69) is 91.2 Å². The van der Waals surface area contributed by atoms with Crippen LogP contribution in [0.15, 0.2) is 55.0 Å². The van der Waals surface area contributed by atoms with Crippen LogP contribution in [0.3, 0.4) is 0 Å². The molecule has 206 valence electrons. The zero-order chi connectivity index (χ0) is 27.2. The highest BCUT2D eigenvalue weighted by Crippen LogP contribution is 2.39. The van der Waals surface area contributed by atoms with Gasteiger partial charge in [-0.15, -0.1) is 0 Å². The molecule has 4 heterocycles. The van der Waals surface area contributed by atoms with E-state index in [9.17, 15) is 0 Å². The second-order valence-corrected chi connectivity index (χ2v) is 11.5. The minimum atomic E-state index is 0.423. The Morgan fingerprint density at radius 2 is 1.68 bits per heavy atom. The van der Waals surface area contributed by atoms with Crippen LogP contribution in [0.4, 0.5) is 17.5 Å². The summed E-state index contributed by atoms with van der Waals surface area (Å²) in [4.78, 5) is 22.2. The van der Waals surface area contributed by atoms with Gasteiger partial charge in [0.2, 0.25) is 5.95 Å². The van der Waals surface area contributed by atoms with Gasteiger partial charge in [0.25, 0.3) is 0 Å². The fourth-order valence-electron chi connectivity index (χ4n) is 6.55. The van der Waals surface area contributed by atoms with Crippen LogP contribution in [0.25, 0.3) is 33.2 Å². The van der Waals surface area contributed by atoms with E-state index in [0.717, 1.165) is 57.7 Å². The molecule has 3 aromatic heterocycles. The summed E-state index contributed by atoms with van der Waals surface area (Å²) in [6, 6.07) is 15.8. The van der Waals surface area contributed by atoms with Crippen molar-refractivity contribution in [3.8, 4) is 11.1 Å². The van der Waals surface area contributed by atoms with Crippen LogP contribution >= 0.6 is 0 Å². The van der Waals surface area contributed by atoms with Crippen molar-refractivity contribution >= 4 is 39.5 Å². The number of benzene rings is 2. The molecule has 0 atom stereocenters. The van der Waals surface area contributed by atoms with Crippen molar-refractivity contribution in [1.82, 2.24) is 34.3 Å². The number of piperazine rings is 1. The molecule has 9 heteroatoms. The van der Waals surface area contributed by atoms with Gasteiger partial charge in [-0.25, -0.2) is 15.0 Å². The summed E-state index contributed by atoms with van der Waals surface area (Å²) in [5, 5.41) is 4.34. The molecule has 1 aliphatic heterocycles. The zero-order valence-corrected chi connectivity index (χ0v) is 23.3. The van der Waals surface area contributed by atoms with E-state index < -0.39 is 0 Å². The molecule has 1 saturated heterocycles. The number of rotatable bonds is 5. The maximum Gasteiger partial charge on any atom is 0.205 e. The topological polar surface area (TPSA) is 104 Å². The largest absolute Gasteiger partial charge is 0.383 e. The third-order valence-electron chi connectivity index (χ3n) is 8.85. The van der Waals surface area contributed by atoms with E-state index in [-0.39, 0.29) is 0 Å². The lowest BCUT2D eigenvalue weighted by atomic mass is 9.89. The second kappa shape index (κ2) is 10.2. The molecule has 0 bridgehead atoms. The maximum atomic E-state index is 6.45. The molecule has 1 aliphatic carbocycles. The maximum absolute atomic E-state index is 6.45. The third kappa shape index (κ3) is 4.69. The first-order chi connectivity index (χ1) is 19.5. The predicted molar refractivity (Wildman–Crippen MR) is 162 cm³/mol. The van der Waals surface area contributed by atoms with Crippen molar-refractivity contribution in [2.75, 3.05) is 44.3 Å². The van der Waals surface area contributed by atoms with Crippen LogP contribution in [0.5, 0.6) is 0 Å². The number of nitrogen functional groups attached to an aromatic ring is 1. The number of aromatic amines is 1. The van der Waals surface area contributed by atoms with Gasteiger partial charge in [0, 0.05) is 55.7 Å². The Hall–Kier alpha value is -3.95. The number of imidazole rings is 1. The molecule has 4 N–H and O–H groups in total. The minimum absolute atomic E-state index is 0.423. The van der Waals surface area contributed by atoms with E-state index in [1.54, 1.807) is 6.33 Å². The molecule has 0 spiro atoms. The quantitative estimate of drug-likeness (QED) is 0.279. The number of aryl methyl sites for hydroxylation is 1. The summed E-state index contributed by atoms with van der Waals surface area (Å²) in [5.74, 6) is 1.26. The summed E-state index contributed by atoms with van der Waals surface area (Å²) >= 11 is 0. The first-order valence-electron chi connectivity index (χ1n) is 14.4. The Morgan fingerprint density at radius 3 is 2.45 bits per heavy atom. The fraction of sp³-hybridized carbons (Fsp3) is 0.387. The highest BCUT2D eigenvalue weighted by molar-refractivity contribution is 6.00. The fourth-order valence-corrected chi connectivity index (χ4v) is 6.55. The molecule has 40 heavy (non-hydrogen) atoms. The molecule has 5 aromatic rings. The Balaban J connectivity index is 1.12. The van der Waals surface area contributed by atoms with E-state index in [4.69, 9.17) is 10.7 Å². The van der Waals surface area contributed by atoms with E-state index in [0.29, 0.717) is 17.9 Å². The van der Waals surface area contributed by atoms with Crippen LogP contribution in [0.2, 0.25) is 0 Å². The molecule has 2 aliphatic rings. The summed E-state index contributed by atoms with van der Waals surface area (Å²) in [7, 11) is 2.22. The molecule has 0 unspecified atom stereocenters. The number of nitrogens with two attached hydrogens (primary N) is 1. The molecular weight excluding hydrogens is 498 g/mol. The Labute approximate surface area is 234 Å². The van der Waals surface area contributed by atoms with E-state index in [1.165, 1.54) is 44.6 Å². The van der Waals surface area contributed by atoms with Crippen LogP contribution in [-0.4, -0.2) is 73.6 Å². The van der Waals surface area contributed by atoms with Crippen LogP contribution in [-0.2, 0) is 0 Å². The number of nitrogens with zero attached hydrogens (tertiary/aromatic N) is 6. The normalized spacial score (nSPS) is 20.9. The number of aromatic nitrogens is 5. The highest BCUT2D eigenvalue weighted by atomic mass is 15.3. The predicted octanol–water partition coefficient (Wildman–Crippen LogP) is 5.34. The first kappa shape index (κ1) is 25.0. The lowest BCUT2D eigenvalue weighted by molar-refractivity contribution is 0.0828. The molecule has 1 saturated carbocycles.